The fourth-order valence-electron chi connectivity index (χ4n) is 1.62. The van der Waals surface area contributed by atoms with Gasteiger partial charge < -0.3 is 0 Å². The summed E-state index contributed by atoms with van der Waals surface area (Å²) in [4.78, 5) is 4.01. The molecule has 0 bridgehead atoms. The molecule has 18 heavy (non-hydrogen) atoms. The van der Waals surface area contributed by atoms with Crippen LogP contribution in [-0.2, 0) is 6.42 Å². The molecule has 0 saturated heterocycles. The molecular formula is C14H8FN3. The van der Waals surface area contributed by atoms with Crippen molar-refractivity contribution in [2.24, 2.45) is 0 Å². The summed E-state index contributed by atoms with van der Waals surface area (Å²) in [6.45, 7) is 0. The SMILES string of the molecule is N#CCc1cncc(-c2ccc(C#N)c(F)c2)c1. The maximum absolute atomic E-state index is 13.5. The van der Waals surface area contributed by atoms with Gasteiger partial charge in [0, 0.05) is 18.0 Å². The van der Waals surface area contributed by atoms with Crippen molar-refractivity contribution in [1.82, 2.24) is 4.98 Å². The van der Waals surface area contributed by atoms with Crippen molar-refractivity contribution in [3.63, 3.8) is 0 Å². The summed E-state index contributed by atoms with van der Waals surface area (Å²) >= 11 is 0. The molecule has 1 aromatic heterocycles. The minimum absolute atomic E-state index is 0.0138. The van der Waals surface area contributed by atoms with Crippen molar-refractivity contribution in [3.8, 4) is 23.3 Å². The molecule has 0 radical (unpaired) electrons. The van der Waals surface area contributed by atoms with Crippen LogP contribution in [0.25, 0.3) is 11.1 Å². The quantitative estimate of drug-likeness (QED) is 0.806. The molecule has 1 heterocycles. The van der Waals surface area contributed by atoms with Gasteiger partial charge in [0.1, 0.15) is 11.9 Å². The molecule has 0 N–H and O–H groups in total. The van der Waals surface area contributed by atoms with Crippen molar-refractivity contribution in [2.75, 3.05) is 0 Å². The Balaban J connectivity index is 2.43. The van der Waals surface area contributed by atoms with E-state index < -0.39 is 5.82 Å². The van der Waals surface area contributed by atoms with E-state index in [2.05, 4.69) is 4.98 Å². The fraction of sp³-hybridized carbons (Fsp3) is 0.0714. The van der Waals surface area contributed by atoms with Crippen LogP contribution in [0.3, 0.4) is 0 Å². The molecule has 0 saturated carbocycles. The molecule has 3 nitrogen and oxygen atoms in total. The van der Waals surface area contributed by atoms with E-state index in [9.17, 15) is 4.39 Å². The second kappa shape index (κ2) is 5.07. The van der Waals surface area contributed by atoms with E-state index in [-0.39, 0.29) is 12.0 Å². The lowest BCUT2D eigenvalue weighted by Gasteiger charge is -2.03. The third-order valence-corrected chi connectivity index (χ3v) is 2.50. The highest BCUT2D eigenvalue weighted by atomic mass is 19.1. The van der Waals surface area contributed by atoms with Gasteiger partial charge in [-0.2, -0.15) is 10.5 Å². The van der Waals surface area contributed by atoms with E-state index in [0.29, 0.717) is 5.56 Å². The molecule has 2 aromatic rings. The molecular weight excluding hydrogens is 229 g/mol. The van der Waals surface area contributed by atoms with E-state index in [1.807, 2.05) is 6.07 Å². The normalized spacial score (nSPS) is 9.50. The smallest absolute Gasteiger partial charge is 0.141 e. The third-order valence-electron chi connectivity index (χ3n) is 2.50. The number of rotatable bonds is 2. The van der Waals surface area contributed by atoms with Crippen LogP contribution in [0.15, 0.2) is 36.7 Å². The van der Waals surface area contributed by atoms with Crippen LogP contribution in [0.1, 0.15) is 11.1 Å². The highest BCUT2D eigenvalue weighted by Crippen LogP contribution is 2.22. The zero-order valence-corrected chi connectivity index (χ0v) is 9.39. The first-order valence-electron chi connectivity index (χ1n) is 5.25. The molecule has 0 aliphatic rings. The van der Waals surface area contributed by atoms with Gasteiger partial charge in [0.05, 0.1) is 18.1 Å². The van der Waals surface area contributed by atoms with Gasteiger partial charge >= 0.3 is 0 Å². The van der Waals surface area contributed by atoms with Crippen LogP contribution in [0.5, 0.6) is 0 Å². The zero-order valence-electron chi connectivity index (χ0n) is 9.39. The first-order chi connectivity index (χ1) is 8.74. The van der Waals surface area contributed by atoms with E-state index in [0.717, 1.165) is 11.1 Å². The van der Waals surface area contributed by atoms with Gasteiger partial charge in [-0.25, -0.2) is 4.39 Å². The average Bonchev–Trinajstić information content (AvgIpc) is 2.39. The van der Waals surface area contributed by atoms with Crippen LogP contribution >= 0.6 is 0 Å². The summed E-state index contributed by atoms with van der Waals surface area (Å²) in [5, 5.41) is 17.3. The fourth-order valence-corrected chi connectivity index (χ4v) is 1.62. The molecule has 0 aliphatic heterocycles. The van der Waals surface area contributed by atoms with Crippen molar-refractivity contribution in [3.05, 3.63) is 53.6 Å². The van der Waals surface area contributed by atoms with Crippen molar-refractivity contribution >= 4 is 0 Å². The molecule has 0 unspecified atom stereocenters. The Bertz CT molecular complexity index is 665. The second-order valence-electron chi connectivity index (χ2n) is 3.72. The van der Waals surface area contributed by atoms with Crippen molar-refractivity contribution in [1.29, 1.82) is 10.5 Å². The number of benzene rings is 1. The molecule has 0 aliphatic carbocycles. The van der Waals surface area contributed by atoms with Gasteiger partial charge in [0.15, 0.2) is 0 Å². The maximum Gasteiger partial charge on any atom is 0.141 e. The van der Waals surface area contributed by atoms with Gasteiger partial charge in [-0.15, -0.1) is 0 Å². The molecule has 0 atom stereocenters. The van der Waals surface area contributed by atoms with Crippen LogP contribution in [0.4, 0.5) is 4.39 Å². The van der Waals surface area contributed by atoms with Gasteiger partial charge in [-0.3, -0.25) is 4.98 Å². The van der Waals surface area contributed by atoms with E-state index in [1.165, 1.54) is 12.1 Å². The Morgan fingerprint density at radius 1 is 1.11 bits per heavy atom. The number of pyridine rings is 1. The lowest BCUT2D eigenvalue weighted by molar-refractivity contribution is 0.624. The molecule has 1 aromatic carbocycles. The van der Waals surface area contributed by atoms with Gasteiger partial charge in [0.25, 0.3) is 0 Å². The summed E-state index contributed by atoms with van der Waals surface area (Å²) in [6.07, 6.45) is 3.47. The minimum Gasteiger partial charge on any atom is -0.264 e. The van der Waals surface area contributed by atoms with Crippen molar-refractivity contribution < 1.29 is 4.39 Å². The highest BCUT2D eigenvalue weighted by molar-refractivity contribution is 5.64. The summed E-state index contributed by atoms with van der Waals surface area (Å²) in [5.41, 5.74) is 2.16. The maximum atomic E-state index is 13.5. The number of hydrogen-bond acceptors (Lipinski definition) is 3. The van der Waals surface area contributed by atoms with Crippen LogP contribution in [0.2, 0.25) is 0 Å². The molecule has 86 valence electrons. The Morgan fingerprint density at radius 2 is 1.94 bits per heavy atom. The summed E-state index contributed by atoms with van der Waals surface area (Å²) in [6, 6.07) is 9.99. The van der Waals surface area contributed by atoms with Crippen LogP contribution in [-0.4, -0.2) is 4.98 Å². The largest absolute Gasteiger partial charge is 0.264 e. The Kier molecular flexibility index (Phi) is 3.31. The van der Waals surface area contributed by atoms with Gasteiger partial charge in [-0.1, -0.05) is 6.07 Å². The average molecular weight is 237 g/mol. The number of nitriles is 2. The third kappa shape index (κ3) is 2.34. The van der Waals surface area contributed by atoms with E-state index in [1.54, 1.807) is 30.6 Å². The van der Waals surface area contributed by atoms with E-state index >= 15 is 0 Å². The number of halogens is 1. The standard InChI is InChI=1S/C14H8FN3/c15-14-6-11(1-2-12(14)7-17)13-5-10(3-4-16)8-18-9-13/h1-2,5-6,8-9H,3H2. The lowest BCUT2D eigenvalue weighted by Crippen LogP contribution is -1.89. The molecule has 0 spiro atoms. The molecule has 0 amide bonds. The number of hydrogen-bond donors (Lipinski definition) is 0. The number of aromatic nitrogens is 1. The second-order valence-corrected chi connectivity index (χ2v) is 3.72. The van der Waals surface area contributed by atoms with Crippen molar-refractivity contribution in [2.45, 2.75) is 6.42 Å². The summed E-state index contributed by atoms with van der Waals surface area (Å²) < 4.78 is 13.5. The Morgan fingerprint density at radius 3 is 2.61 bits per heavy atom. The predicted octanol–water partition coefficient (Wildman–Crippen LogP) is 2.83. The first-order valence-corrected chi connectivity index (χ1v) is 5.25. The minimum atomic E-state index is -0.555. The monoisotopic (exact) mass is 237 g/mol. The first kappa shape index (κ1) is 11.8. The van der Waals surface area contributed by atoms with Crippen LogP contribution < -0.4 is 0 Å². The molecule has 4 heteroatoms. The van der Waals surface area contributed by atoms with Gasteiger partial charge in [0.2, 0.25) is 0 Å². The van der Waals surface area contributed by atoms with Crippen LogP contribution in [0, 0.1) is 28.5 Å². The summed E-state index contributed by atoms with van der Waals surface area (Å²) in [5.74, 6) is -0.555. The lowest BCUT2D eigenvalue weighted by atomic mass is 10.0. The van der Waals surface area contributed by atoms with E-state index in [4.69, 9.17) is 10.5 Å². The number of nitrogens with zero attached hydrogens (tertiary/aromatic N) is 3. The highest BCUT2D eigenvalue weighted by Gasteiger charge is 2.05. The molecule has 2 rings (SSSR count). The Labute approximate surface area is 104 Å². The zero-order chi connectivity index (χ0) is 13.0. The summed E-state index contributed by atoms with van der Waals surface area (Å²) in [7, 11) is 0. The van der Waals surface area contributed by atoms with Gasteiger partial charge in [-0.05, 0) is 29.3 Å². The molecule has 0 fully saturated rings. The topological polar surface area (TPSA) is 60.5 Å². The Hall–Kier alpha value is -2.72. The predicted molar refractivity (Wildman–Crippen MR) is 63.7 cm³/mol.